The summed E-state index contributed by atoms with van der Waals surface area (Å²) in [5.74, 6) is 0.613. The maximum Gasteiger partial charge on any atom is 0.00793 e. The van der Waals surface area contributed by atoms with Gasteiger partial charge in [-0.15, -0.1) is 0 Å². The van der Waals surface area contributed by atoms with E-state index in [-0.39, 0.29) is 0 Å². The van der Waals surface area contributed by atoms with Crippen molar-refractivity contribution < 1.29 is 0 Å². The van der Waals surface area contributed by atoms with E-state index in [4.69, 9.17) is 5.73 Å². The molecule has 0 saturated heterocycles. The van der Waals surface area contributed by atoms with Crippen LogP contribution in [0.2, 0.25) is 0 Å². The van der Waals surface area contributed by atoms with Crippen LogP contribution in [0.5, 0.6) is 0 Å². The fraction of sp³-hybridized carbons (Fsp3) is 0.647. The molecule has 0 amide bonds. The molecule has 0 aliphatic heterocycles. The quantitative estimate of drug-likeness (QED) is 0.665. The zero-order chi connectivity index (χ0) is 13.4. The van der Waals surface area contributed by atoms with Crippen LogP contribution in [0.4, 0.5) is 0 Å². The monoisotopic (exact) mass is 247 g/mol. The number of unbranched alkanes of at least 4 members (excludes halogenated alkanes) is 3. The first kappa shape index (κ1) is 15.2. The minimum atomic E-state index is 0.326. The van der Waals surface area contributed by atoms with Crippen molar-refractivity contribution in [3.05, 3.63) is 35.4 Å². The minimum Gasteiger partial charge on any atom is -0.327 e. The third-order valence-electron chi connectivity index (χ3n) is 3.57. The first-order valence-electron chi connectivity index (χ1n) is 7.48. The summed E-state index contributed by atoms with van der Waals surface area (Å²) in [6.07, 6.45) is 7.42. The van der Waals surface area contributed by atoms with Crippen LogP contribution >= 0.6 is 0 Å². The smallest absolute Gasteiger partial charge is 0.00793 e. The standard InChI is InChI=1S/C17H29N/c1-4-5-6-7-8-17(18)13-15-9-11-16(12-10-15)14(2)3/h9-12,14,17H,4-8,13,18H2,1-3H3. The number of rotatable bonds is 8. The van der Waals surface area contributed by atoms with Crippen molar-refractivity contribution in [1.82, 2.24) is 0 Å². The van der Waals surface area contributed by atoms with Crippen LogP contribution in [0.15, 0.2) is 24.3 Å². The molecule has 0 aromatic heterocycles. The lowest BCUT2D eigenvalue weighted by molar-refractivity contribution is 0.546. The second-order valence-electron chi connectivity index (χ2n) is 5.71. The third-order valence-corrected chi connectivity index (χ3v) is 3.57. The molecular formula is C17H29N. The summed E-state index contributed by atoms with van der Waals surface area (Å²) in [6.45, 7) is 6.71. The highest BCUT2D eigenvalue weighted by Crippen LogP contribution is 2.16. The first-order chi connectivity index (χ1) is 8.63. The molecule has 1 heteroatoms. The second kappa shape index (κ2) is 8.31. The predicted molar refractivity (Wildman–Crippen MR) is 81.0 cm³/mol. The Balaban J connectivity index is 2.32. The van der Waals surface area contributed by atoms with Gasteiger partial charge in [0.05, 0.1) is 0 Å². The Labute approximate surface area is 113 Å². The molecule has 18 heavy (non-hydrogen) atoms. The topological polar surface area (TPSA) is 26.0 Å². The first-order valence-corrected chi connectivity index (χ1v) is 7.48. The number of hydrogen-bond donors (Lipinski definition) is 1. The summed E-state index contributed by atoms with van der Waals surface area (Å²) >= 11 is 0. The molecule has 1 atom stereocenters. The maximum absolute atomic E-state index is 6.19. The lowest BCUT2D eigenvalue weighted by atomic mass is 9.97. The SMILES string of the molecule is CCCCCCC(N)Cc1ccc(C(C)C)cc1. The van der Waals surface area contributed by atoms with E-state index in [0.29, 0.717) is 12.0 Å². The largest absolute Gasteiger partial charge is 0.327 e. The zero-order valence-electron chi connectivity index (χ0n) is 12.3. The van der Waals surface area contributed by atoms with Gasteiger partial charge < -0.3 is 5.73 Å². The normalized spacial score (nSPS) is 12.9. The fourth-order valence-corrected chi connectivity index (χ4v) is 2.28. The van der Waals surface area contributed by atoms with E-state index < -0.39 is 0 Å². The molecule has 0 heterocycles. The van der Waals surface area contributed by atoms with Crippen molar-refractivity contribution in [2.45, 2.75) is 71.3 Å². The summed E-state index contributed by atoms with van der Waals surface area (Å²) in [4.78, 5) is 0. The van der Waals surface area contributed by atoms with E-state index in [1.54, 1.807) is 0 Å². The molecule has 0 bridgehead atoms. The van der Waals surface area contributed by atoms with Crippen LogP contribution in [-0.2, 0) is 6.42 Å². The molecule has 1 aromatic rings. The molecule has 102 valence electrons. The molecule has 0 saturated carbocycles. The van der Waals surface area contributed by atoms with E-state index in [9.17, 15) is 0 Å². The molecule has 0 radical (unpaired) electrons. The van der Waals surface area contributed by atoms with Gasteiger partial charge in [0.15, 0.2) is 0 Å². The molecule has 0 spiro atoms. The average molecular weight is 247 g/mol. The molecule has 0 aliphatic rings. The van der Waals surface area contributed by atoms with Crippen LogP contribution in [0.25, 0.3) is 0 Å². The van der Waals surface area contributed by atoms with Gasteiger partial charge in [-0.25, -0.2) is 0 Å². The van der Waals surface area contributed by atoms with Crippen LogP contribution in [0.1, 0.15) is 69.9 Å². The van der Waals surface area contributed by atoms with Gasteiger partial charge in [0.1, 0.15) is 0 Å². The van der Waals surface area contributed by atoms with Crippen molar-refractivity contribution >= 4 is 0 Å². The van der Waals surface area contributed by atoms with Crippen LogP contribution in [0.3, 0.4) is 0 Å². The Hall–Kier alpha value is -0.820. The second-order valence-corrected chi connectivity index (χ2v) is 5.71. The lowest BCUT2D eigenvalue weighted by Gasteiger charge is -2.12. The van der Waals surface area contributed by atoms with Gasteiger partial charge in [-0.1, -0.05) is 70.7 Å². The predicted octanol–water partition coefficient (Wildman–Crippen LogP) is 4.65. The molecule has 0 fully saturated rings. The van der Waals surface area contributed by atoms with Gasteiger partial charge in [0.25, 0.3) is 0 Å². The summed E-state index contributed by atoms with van der Waals surface area (Å²) < 4.78 is 0. The summed E-state index contributed by atoms with van der Waals surface area (Å²) in [5.41, 5.74) is 8.98. The zero-order valence-corrected chi connectivity index (χ0v) is 12.3. The maximum atomic E-state index is 6.19. The highest BCUT2D eigenvalue weighted by atomic mass is 14.6. The van der Waals surface area contributed by atoms with Gasteiger partial charge in [0, 0.05) is 6.04 Å². The molecule has 1 aromatic carbocycles. The number of nitrogens with two attached hydrogens (primary N) is 1. The van der Waals surface area contributed by atoms with E-state index in [2.05, 4.69) is 45.0 Å². The average Bonchev–Trinajstić information content (AvgIpc) is 2.35. The van der Waals surface area contributed by atoms with Gasteiger partial charge >= 0.3 is 0 Å². The van der Waals surface area contributed by atoms with E-state index >= 15 is 0 Å². The molecule has 1 rings (SSSR count). The van der Waals surface area contributed by atoms with Crippen molar-refractivity contribution in [3.8, 4) is 0 Å². The Morgan fingerprint density at radius 1 is 1.00 bits per heavy atom. The van der Waals surface area contributed by atoms with Gasteiger partial charge in [-0.2, -0.15) is 0 Å². The third kappa shape index (κ3) is 5.68. The van der Waals surface area contributed by atoms with Gasteiger partial charge in [-0.05, 0) is 29.9 Å². The summed E-state index contributed by atoms with van der Waals surface area (Å²) in [5, 5.41) is 0. The van der Waals surface area contributed by atoms with Crippen molar-refractivity contribution in [2.75, 3.05) is 0 Å². The fourth-order valence-electron chi connectivity index (χ4n) is 2.28. The van der Waals surface area contributed by atoms with Crippen molar-refractivity contribution in [1.29, 1.82) is 0 Å². The van der Waals surface area contributed by atoms with Gasteiger partial charge in [-0.3, -0.25) is 0 Å². The summed E-state index contributed by atoms with van der Waals surface area (Å²) in [6, 6.07) is 9.28. The van der Waals surface area contributed by atoms with Gasteiger partial charge in [0.2, 0.25) is 0 Å². The van der Waals surface area contributed by atoms with Crippen molar-refractivity contribution in [3.63, 3.8) is 0 Å². The Kier molecular flexibility index (Phi) is 7.04. The molecule has 0 aliphatic carbocycles. The van der Waals surface area contributed by atoms with Crippen LogP contribution < -0.4 is 5.73 Å². The lowest BCUT2D eigenvalue weighted by Crippen LogP contribution is -2.22. The van der Waals surface area contributed by atoms with E-state index in [1.165, 1.54) is 36.8 Å². The Bertz CT molecular complexity index is 313. The molecule has 2 N–H and O–H groups in total. The van der Waals surface area contributed by atoms with E-state index in [0.717, 1.165) is 12.8 Å². The number of benzene rings is 1. The Morgan fingerprint density at radius 3 is 2.22 bits per heavy atom. The van der Waals surface area contributed by atoms with Crippen LogP contribution in [0, 0.1) is 0 Å². The van der Waals surface area contributed by atoms with Crippen molar-refractivity contribution in [2.24, 2.45) is 5.73 Å². The Morgan fingerprint density at radius 2 is 1.67 bits per heavy atom. The summed E-state index contributed by atoms with van der Waals surface area (Å²) in [7, 11) is 0. The molecule has 1 nitrogen and oxygen atoms in total. The molecule has 1 unspecified atom stereocenters. The molecular weight excluding hydrogens is 218 g/mol. The highest BCUT2D eigenvalue weighted by Gasteiger charge is 2.05. The number of hydrogen-bond acceptors (Lipinski definition) is 1. The van der Waals surface area contributed by atoms with Crippen LogP contribution in [-0.4, -0.2) is 6.04 Å². The van der Waals surface area contributed by atoms with E-state index in [1.807, 2.05) is 0 Å². The minimum absolute atomic E-state index is 0.326. The highest BCUT2D eigenvalue weighted by molar-refractivity contribution is 5.25.